The second kappa shape index (κ2) is 9.27. The Morgan fingerprint density at radius 1 is 1.03 bits per heavy atom. The van der Waals surface area contributed by atoms with E-state index in [1.165, 1.54) is 18.4 Å². The fourth-order valence-electron chi connectivity index (χ4n) is 4.29. The Morgan fingerprint density at radius 2 is 1.76 bits per heavy atom. The van der Waals surface area contributed by atoms with Gasteiger partial charge in [-0.3, -0.25) is 9.78 Å². The highest BCUT2D eigenvalue weighted by Crippen LogP contribution is 2.36. The van der Waals surface area contributed by atoms with E-state index in [1.54, 1.807) is 30.6 Å². The molecule has 1 unspecified atom stereocenters. The van der Waals surface area contributed by atoms with Crippen LogP contribution in [0.5, 0.6) is 0 Å². The summed E-state index contributed by atoms with van der Waals surface area (Å²) in [6.07, 6.45) is 5.91. The molecule has 0 spiro atoms. The molecule has 3 aromatic rings. The molecule has 1 fully saturated rings. The van der Waals surface area contributed by atoms with Crippen LogP contribution in [0.3, 0.4) is 0 Å². The number of carbonyl (C=O) groups is 1. The van der Waals surface area contributed by atoms with Crippen molar-refractivity contribution >= 4 is 21.2 Å². The summed E-state index contributed by atoms with van der Waals surface area (Å²) in [7, 11) is -3.00. The van der Waals surface area contributed by atoms with E-state index in [4.69, 9.17) is 4.78 Å². The highest BCUT2D eigenvalue weighted by atomic mass is 32.2. The maximum Gasteiger partial charge on any atom is 0.255 e. The van der Waals surface area contributed by atoms with Gasteiger partial charge in [-0.1, -0.05) is 35.9 Å². The summed E-state index contributed by atoms with van der Waals surface area (Å²) in [6.45, 7) is 2.94. The zero-order chi connectivity index (χ0) is 23.6. The van der Waals surface area contributed by atoms with Crippen molar-refractivity contribution in [2.75, 3.05) is 19.3 Å². The molecule has 1 aromatic heterocycles. The number of aromatic nitrogens is 1. The number of nitrogens with zero attached hydrogens (tertiary/aromatic N) is 2. The maximum absolute atomic E-state index is 14.2. The molecule has 2 heterocycles. The van der Waals surface area contributed by atoms with Gasteiger partial charge < -0.3 is 4.90 Å². The van der Waals surface area contributed by atoms with Crippen LogP contribution in [0.25, 0.3) is 5.57 Å². The third kappa shape index (κ3) is 5.03. The number of benzene rings is 2. The molecule has 1 saturated heterocycles. The number of hydrogen-bond acceptors (Lipinski definition) is 4. The largest absolute Gasteiger partial charge is 0.338 e. The van der Waals surface area contributed by atoms with Gasteiger partial charge >= 0.3 is 0 Å². The van der Waals surface area contributed by atoms with Gasteiger partial charge in [0.05, 0.1) is 20.2 Å². The van der Waals surface area contributed by atoms with Gasteiger partial charge in [0.1, 0.15) is 5.82 Å². The summed E-state index contributed by atoms with van der Waals surface area (Å²) in [5.74, 6) is -0.411. The highest BCUT2D eigenvalue weighted by Gasteiger charge is 2.25. The van der Waals surface area contributed by atoms with E-state index in [1.807, 2.05) is 36.1 Å². The third-order valence-electron chi connectivity index (χ3n) is 5.82. The van der Waals surface area contributed by atoms with E-state index >= 15 is 0 Å². The summed E-state index contributed by atoms with van der Waals surface area (Å²) in [4.78, 5) is 19.3. The van der Waals surface area contributed by atoms with Crippen molar-refractivity contribution in [2.45, 2.75) is 24.7 Å². The summed E-state index contributed by atoms with van der Waals surface area (Å²) >= 11 is 0. The minimum Gasteiger partial charge on any atom is -0.338 e. The number of pyridine rings is 1. The van der Waals surface area contributed by atoms with Crippen LogP contribution in [-0.4, -0.2) is 39.3 Å². The molecule has 4 rings (SSSR count). The summed E-state index contributed by atoms with van der Waals surface area (Å²) in [6, 6.07) is 15.3. The predicted molar refractivity (Wildman–Crippen MR) is 128 cm³/mol. The third-order valence-corrected chi connectivity index (χ3v) is 7.01. The summed E-state index contributed by atoms with van der Waals surface area (Å²) < 4.78 is 35.1. The van der Waals surface area contributed by atoms with Crippen LogP contribution in [0.15, 0.2) is 77.5 Å². The Morgan fingerprint density at radius 3 is 2.42 bits per heavy atom. The normalized spacial score (nSPS) is 15.7. The fourth-order valence-corrected chi connectivity index (χ4v) is 5.22. The summed E-state index contributed by atoms with van der Waals surface area (Å²) in [5.41, 5.74) is 4.73. The molecule has 1 amide bonds. The van der Waals surface area contributed by atoms with Crippen LogP contribution in [-0.2, 0) is 9.73 Å². The van der Waals surface area contributed by atoms with Crippen molar-refractivity contribution in [3.8, 4) is 0 Å². The van der Waals surface area contributed by atoms with Gasteiger partial charge in [-0.25, -0.2) is 13.4 Å². The smallest absolute Gasteiger partial charge is 0.255 e. The van der Waals surface area contributed by atoms with Crippen molar-refractivity contribution < 1.29 is 13.4 Å². The van der Waals surface area contributed by atoms with Crippen molar-refractivity contribution in [1.29, 1.82) is 4.78 Å². The highest BCUT2D eigenvalue weighted by molar-refractivity contribution is 7.91. The minimum absolute atomic E-state index is 0.0549. The van der Waals surface area contributed by atoms with E-state index in [2.05, 4.69) is 4.98 Å². The lowest BCUT2D eigenvalue weighted by atomic mass is 9.88. The fraction of sp³-hybridized carbons (Fsp3) is 0.231. The van der Waals surface area contributed by atoms with Crippen LogP contribution in [0.1, 0.15) is 39.9 Å². The number of nitrogens with one attached hydrogen (secondary N) is 1. The average molecular weight is 464 g/mol. The molecule has 5 nitrogen and oxygen atoms in total. The summed E-state index contributed by atoms with van der Waals surface area (Å²) in [5, 5.41) is 0. The van der Waals surface area contributed by atoms with E-state index in [-0.39, 0.29) is 11.7 Å². The van der Waals surface area contributed by atoms with Gasteiger partial charge in [0.2, 0.25) is 0 Å². The molecule has 0 bridgehead atoms. The minimum atomic E-state index is -3.00. The lowest BCUT2D eigenvalue weighted by molar-refractivity contribution is 0.0743. The lowest BCUT2D eigenvalue weighted by Gasteiger charge is -2.31. The predicted octanol–water partition coefficient (Wildman–Crippen LogP) is 5.30. The number of amides is 1. The second-order valence-corrected chi connectivity index (χ2v) is 10.5. The first-order valence-corrected chi connectivity index (χ1v) is 12.7. The Bertz CT molecular complexity index is 1340. The van der Waals surface area contributed by atoms with Gasteiger partial charge in [0.15, 0.2) is 0 Å². The zero-order valence-electron chi connectivity index (χ0n) is 18.7. The Labute approximate surface area is 194 Å². The van der Waals surface area contributed by atoms with Gasteiger partial charge in [-0.2, -0.15) is 0 Å². The van der Waals surface area contributed by atoms with E-state index in [9.17, 15) is 13.4 Å². The van der Waals surface area contributed by atoms with Gasteiger partial charge in [-0.15, -0.1) is 0 Å². The molecule has 170 valence electrons. The number of piperidine rings is 1. The number of rotatable bonds is 4. The molecular formula is C26H26FN3O2S. The molecular weight excluding hydrogens is 437 g/mol. The van der Waals surface area contributed by atoms with Crippen LogP contribution >= 0.6 is 0 Å². The van der Waals surface area contributed by atoms with Gasteiger partial charge in [-0.05, 0) is 66.3 Å². The van der Waals surface area contributed by atoms with Crippen molar-refractivity contribution in [3.05, 3.63) is 101 Å². The standard InChI is InChI=1S/C26H26FN3O2S/c1-18-14-21(17-29-16-18)26(31)30-12-10-19(11-13-30)25(20-6-5-7-22(27)15-20)23-8-3-4-9-24(23)33(2,28)32/h3-9,14-17,28H,10-13H2,1-2H3. The SMILES string of the molecule is Cc1cncc(C(=O)N2CCC(=C(c3cccc(F)c3)c3ccccc3S(C)(=N)=O)CC2)c1. The Kier molecular flexibility index (Phi) is 6.42. The topological polar surface area (TPSA) is 74.1 Å². The van der Waals surface area contributed by atoms with E-state index in [0.29, 0.717) is 47.5 Å². The van der Waals surface area contributed by atoms with Crippen molar-refractivity contribution in [1.82, 2.24) is 9.88 Å². The van der Waals surface area contributed by atoms with Gasteiger partial charge in [0, 0.05) is 31.7 Å². The molecule has 1 aliphatic heterocycles. The molecule has 0 aliphatic carbocycles. The molecule has 2 aromatic carbocycles. The molecule has 0 radical (unpaired) electrons. The van der Waals surface area contributed by atoms with Gasteiger partial charge in [0.25, 0.3) is 5.91 Å². The average Bonchev–Trinajstić information content (AvgIpc) is 2.79. The van der Waals surface area contributed by atoms with Crippen LogP contribution < -0.4 is 0 Å². The molecule has 0 saturated carbocycles. The molecule has 1 N–H and O–H groups in total. The van der Waals surface area contributed by atoms with Crippen LogP contribution in [0, 0.1) is 17.5 Å². The zero-order valence-corrected chi connectivity index (χ0v) is 19.5. The van der Waals surface area contributed by atoms with E-state index in [0.717, 1.165) is 16.7 Å². The number of likely N-dealkylation sites (tertiary alicyclic amines) is 1. The Balaban J connectivity index is 1.74. The number of hydrogen-bond donors (Lipinski definition) is 1. The second-order valence-electron chi connectivity index (χ2n) is 8.37. The van der Waals surface area contributed by atoms with Crippen molar-refractivity contribution in [3.63, 3.8) is 0 Å². The Hall–Kier alpha value is -3.32. The first kappa shape index (κ1) is 22.9. The van der Waals surface area contributed by atoms with Crippen molar-refractivity contribution in [2.24, 2.45) is 0 Å². The molecule has 33 heavy (non-hydrogen) atoms. The van der Waals surface area contributed by atoms with Crippen LogP contribution in [0.2, 0.25) is 0 Å². The quantitative estimate of drug-likeness (QED) is 0.570. The molecule has 1 aliphatic rings. The number of halogens is 1. The number of aryl methyl sites for hydroxylation is 1. The molecule has 1 atom stereocenters. The lowest BCUT2D eigenvalue weighted by Crippen LogP contribution is -2.36. The first-order chi connectivity index (χ1) is 15.7. The van der Waals surface area contributed by atoms with Crippen LogP contribution in [0.4, 0.5) is 4.39 Å². The maximum atomic E-state index is 14.2. The number of carbonyl (C=O) groups excluding carboxylic acids is 1. The molecule has 7 heteroatoms. The monoisotopic (exact) mass is 463 g/mol. The first-order valence-electron chi connectivity index (χ1n) is 10.8. The van der Waals surface area contributed by atoms with E-state index < -0.39 is 9.73 Å².